The van der Waals surface area contributed by atoms with Crippen molar-refractivity contribution < 1.29 is 28.6 Å². The fourth-order valence-electron chi connectivity index (χ4n) is 6.63. The third-order valence-corrected chi connectivity index (χ3v) is 10.2. The van der Waals surface area contributed by atoms with Gasteiger partial charge in [0, 0.05) is 19.3 Å². The van der Waals surface area contributed by atoms with Crippen LogP contribution in [0.1, 0.15) is 239 Å². The lowest BCUT2D eigenvalue weighted by atomic mass is 10.0. The molecule has 0 rings (SSSR count). The second-order valence-corrected chi connectivity index (χ2v) is 15.6. The molecule has 0 aliphatic rings. The summed E-state index contributed by atoms with van der Waals surface area (Å²) >= 11 is 0. The molecule has 0 aromatic heterocycles. The number of hydrogen-bond acceptors (Lipinski definition) is 6. The number of carbonyl (C=O) groups is 3. The Morgan fingerprint density at radius 3 is 1.11 bits per heavy atom. The third-order valence-electron chi connectivity index (χ3n) is 10.2. The molecule has 0 aliphatic carbocycles. The molecule has 0 fully saturated rings. The molecule has 0 amide bonds. The zero-order chi connectivity index (χ0) is 40.1. The molecule has 320 valence electrons. The van der Waals surface area contributed by atoms with Crippen molar-refractivity contribution in [1.82, 2.24) is 0 Å². The molecule has 1 unspecified atom stereocenters. The lowest BCUT2D eigenvalue weighted by molar-refractivity contribution is -0.167. The Labute approximate surface area is 340 Å². The SMILES string of the molecule is CC/C=C\C/C=C\C/C=C\CCCCCCCCCC(=O)OCC(COC(=O)CCCCCCCCCC)OC(=O)CCCCCCCCCCCCCC. The molecule has 0 aliphatic heterocycles. The van der Waals surface area contributed by atoms with Gasteiger partial charge < -0.3 is 14.2 Å². The van der Waals surface area contributed by atoms with Crippen molar-refractivity contribution in [2.24, 2.45) is 0 Å². The van der Waals surface area contributed by atoms with E-state index in [4.69, 9.17) is 14.2 Å². The van der Waals surface area contributed by atoms with Crippen LogP contribution in [0.15, 0.2) is 36.5 Å². The first-order chi connectivity index (χ1) is 27.0. The van der Waals surface area contributed by atoms with Crippen LogP contribution in [0.5, 0.6) is 0 Å². The zero-order valence-electron chi connectivity index (χ0n) is 36.4. The summed E-state index contributed by atoms with van der Waals surface area (Å²) in [4.78, 5) is 37.7. The summed E-state index contributed by atoms with van der Waals surface area (Å²) in [7, 11) is 0. The van der Waals surface area contributed by atoms with Gasteiger partial charge in [-0.2, -0.15) is 0 Å². The fraction of sp³-hybridized carbons (Fsp3) is 0.816. The van der Waals surface area contributed by atoms with Gasteiger partial charge in [-0.3, -0.25) is 14.4 Å². The van der Waals surface area contributed by atoms with Crippen molar-refractivity contribution in [3.05, 3.63) is 36.5 Å². The van der Waals surface area contributed by atoms with Gasteiger partial charge >= 0.3 is 17.9 Å². The zero-order valence-corrected chi connectivity index (χ0v) is 36.4. The smallest absolute Gasteiger partial charge is 0.306 e. The number of ether oxygens (including phenoxy) is 3. The van der Waals surface area contributed by atoms with Gasteiger partial charge in [-0.05, 0) is 51.4 Å². The maximum Gasteiger partial charge on any atom is 0.306 e. The molecular formula is C49H88O6. The second kappa shape index (κ2) is 44.3. The van der Waals surface area contributed by atoms with Gasteiger partial charge in [0.1, 0.15) is 13.2 Å². The minimum absolute atomic E-state index is 0.0723. The number of esters is 3. The van der Waals surface area contributed by atoms with E-state index >= 15 is 0 Å². The molecule has 0 bridgehead atoms. The summed E-state index contributed by atoms with van der Waals surface area (Å²) in [6.45, 7) is 6.49. The highest BCUT2D eigenvalue weighted by molar-refractivity contribution is 5.71. The predicted molar refractivity (Wildman–Crippen MR) is 233 cm³/mol. The molecular weight excluding hydrogens is 685 g/mol. The number of allylic oxidation sites excluding steroid dienone is 6. The Kier molecular flexibility index (Phi) is 42.4. The van der Waals surface area contributed by atoms with Gasteiger partial charge in [0.25, 0.3) is 0 Å². The standard InChI is InChI=1S/C49H88O6/c1-4-7-10-13-16-19-21-23-24-25-26-27-29-30-33-36-39-42-48(51)54-45-46(44-53-47(50)41-38-35-32-18-15-12-9-6-3)55-49(52)43-40-37-34-31-28-22-20-17-14-11-8-5-2/h7,10,16,19,23-24,46H,4-6,8-9,11-15,17-18,20-22,25-45H2,1-3H3/b10-7-,19-16-,24-23-. The molecule has 0 aromatic carbocycles. The largest absolute Gasteiger partial charge is 0.462 e. The van der Waals surface area contributed by atoms with E-state index in [2.05, 4.69) is 57.2 Å². The molecule has 0 N–H and O–H groups in total. The number of unbranched alkanes of at least 4 members (excludes halogenated alkanes) is 25. The minimum Gasteiger partial charge on any atom is -0.462 e. The third kappa shape index (κ3) is 42.6. The normalized spacial score (nSPS) is 12.3. The Balaban J connectivity index is 4.30. The van der Waals surface area contributed by atoms with Crippen LogP contribution in [-0.4, -0.2) is 37.2 Å². The molecule has 0 saturated heterocycles. The van der Waals surface area contributed by atoms with Gasteiger partial charge in [-0.15, -0.1) is 0 Å². The molecule has 0 spiro atoms. The van der Waals surface area contributed by atoms with E-state index < -0.39 is 6.10 Å². The first-order valence-corrected chi connectivity index (χ1v) is 23.5. The maximum absolute atomic E-state index is 12.7. The van der Waals surface area contributed by atoms with Crippen LogP contribution in [0.25, 0.3) is 0 Å². The summed E-state index contributed by atoms with van der Waals surface area (Å²) in [6.07, 6.45) is 49.9. The topological polar surface area (TPSA) is 78.9 Å². The van der Waals surface area contributed by atoms with E-state index in [-0.39, 0.29) is 31.1 Å². The molecule has 55 heavy (non-hydrogen) atoms. The van der Waals surface area contributed by atoms with Gasteiger partial charge in [0.2, 0.25) is 0 Å². The van der Waals surface area contributed by atoms with Gasteiger partial charge in [-0.25, -0.2) is 0 Å². The maximum atomic E-state index is 12.7. The molecule has 6 nitrogen and oxygen atoms in total. The first-order valence-electron chi connectivity index (χ1n) is 23.5. The summed E-state index contributed by atoms with van der Waals surface area (Å²) in [5.74, 6) is -0.882. The minimum atomic E-state index is -0.768. The summed E-state index contributed by atoms with van der Waals surface area (Å²) in [5, 5.41) is 0. The lowest BCUT2D eigenvalue weighted by Gasteiger charge is -2.18. The monoisotopic (exact) mass is 773 g/mol. The molecule has 0 aromatic rings. The van der Waals surface area contributed by atoms with Crippen LogP contribution in [-0.2, 0) is 28.6 Å². The van der Waals surface area contributed by atoms with E-state index in [1.165, 1.54) is 116 Å². The van der Waals surface area contributed by atoms with Crippen molar-refractivity contribution in [1.29, 1.82) is 0 Å². The number of hydrogen-bond donors (Lipinski definition) is 0. The lowest BCUT2D eigenvalue weighted by Crippen LogP contribution is -2.30. The fourth-order valence-corrected chi connectivity index (χ4v) is 6.63. The van der Waals surface area contributed by atoms with Gasteiger partial charge in [0.15, 0.2) is 6.10 Å². The van der Waals surface area contributed by atoms with Gasteiger partial charge in [-0.1, -0.05) is 205 Å². The van der Waals surface area contributed by atoms with E-state index in [1.807, 2.05) is 0 Å². The van der Waals surface area contributed by atoms with Crippen molar-refractivity contribution in [2.75, 3.05) is 13.2 Å². The van der Waals surface area contributed by atoms with E-state index in [9.17, 15) is 14.4 Å². The van der Waals surface area contributed by atoms with Crippen LogP contribution in [0.3, 0.4) is 0 Å². The van der Waals surface area contributed by atoms with Crippen LogP contribution in [0.2, 0.25) is 0 Å². The summed E-state index contributed by atoms with van der Waals surface area (Å²) in [6, 6.07) is 0. The quantitative estimate of drug-likeness (QED) is 0.0266. The second-order valence-electron chi connectivity index (χ2n) is 15.6. The average molecular weight is 773 g/mol. The van der Waals surface area contributed by atoms with Crippen molar-refractivity contribution in [3.8, 4) is 0 Å². The molecule has 6 heteroatoms. The van der Waals surface area contributed by atoms with E-state index in [0.29, 0.717) is 19.3 Å². The van der Waals surface area contributed by atoms with E-state index in [0.717, 1.165) is 83.5 Å². The molecule has 1 atom stereocenters. The predicted octanol–water partition coefficient (Wildman–Crippen LogP) is 15.0. The number of carbonyl (C=O) groups excluding carboxylic acids is 3. The van der Waals surface area contributed by atoms with Crippen LogP contribution >= 0.6 is 0 Å². The summed E-state index contributed by atoms with van der Waals surface area (Å²) in [5.41, 5.74) is 0. The van der Waals surface area contributed by atoms with Crippen LogP contribution in [0, 0.1) is 0 Å². The molecule has 0 heterocycles. The Morgan fingerprint density at radius 2 is 0.709 bits per heavy atom. The van der Waals surface area contributed by atoms with E-state index in [1.54, 1.807) is 0 Å². The van der Waals surface area contributed by atoms with Crippen molar-refractivity contribution in [3.63, 3.8) is 0 Å². The molecule has 0 radical (unpaired) electrons. The number of rotatable bonds is 42. The van der Waals surface area contributed by atoms with Gasteiger partial charge in [0.05, 0.1) is 0 Å². The van der Waals surface area contributed by atoms with Crippen molar-refractivity contribution >= 4 is 17.9 Å². The molecule has 0 saturated carbocycles. The Bertz CT molecular complexity index is 938. The Morgan fingerprint density at radius 1 is 0.382 bits per heavy atom. The first kappa shape index (κ1) is 52.6. The van der Waals surface area contributed by atoms with Crippen LogP contribution < -0.4 is 0 Å². The average Bonchev–Trinajstić information content (AvgIpc) is 3.18. The summed E-state index contributed by atoms with van der Waals surface area (Å²) < 4.78 is 16.7. The highest BCUT2D eigenvalue weighted by atomic mass is 16.6. The highest BCUT2D eigenvalue weighted by Gasteiger charge is 2.19. The highest BCUT2D eigenvalue weighted by Crippen LogP contribution is 2.15. The van der Waals surface area contributed by atoms with Crippen molar-refractivity contribution in [2.45, 2.75) is 245 Å². The Hall–Kier alpha value is -2.37. The van der Waals surface area contributed by atoms with Crippen LogP contribution in [0.4, 0.5) is 0 Å².